The molecule has 0 amide bonds. The molecule has 2 rings (SSSR count). The van der Waals surface area contributed by atoms with Gasteiger partial charge in [0.05, 0.1) is 0 Å². The Morgan fingerprint density at radius 1 is 1.17 bits per heavy atom. The molecule has 0 fully saturated rings. The van der Waals surface area contributed by atoms with E-state index in [-0.39, 0.29) is 17.1 Å². The molecule has 0 saturated carbocycles. The molecule has 0 atom stereocenters. The van der Waals surface area contributed by atoms with E-state index in [1.54, 1.807) is 0 Å². The second-order valence-corrected chi connectivity index (χ2v) is 5.84. The van der Waals surface area contributed by atoms with Gasteiger partial charge in [-0.1, -0.05) is 44.2 Å². The van der Waals surface area contributed by atoms with Gasteiger partial charge in [0.2, 0.25) is 0 Å². The van der Waals surface area contributed by atoms with E-state index in [0.29, 0.717) is 5.92 Å². The number of hydrogen-bond donors (Lipinski definition) is 0. The van der Waals surface area contributed by atoms with E-state index in [9.17, 15) is 13.2 Å². The van der Waals surface area contributed by atoms with E-state index in [4.69, 9.17) is 13.0 Å². The third-order valence-electron chi connectivity index (χ3n) is 2.34. The minimum Gasteiger partial charge on any atom is -0.741 e. The third-order valence-corrected chi connectivity index (χ3v) is 2.90. The fourth-order valence-electron chi connectivity index (χ4n) is 1.18. The molecule has 0 radical (unpaired) electrons. The molecule has 1 aliphatic rings. The monoisotopic (exact) mass is 390 g/mol. The first-order valence-corrected chi connectivity index (χ1v) is 7.75. The molecule has 23 heavy (non-hydrogen) atoms. The maximum Gasteiger partial charge on any atom is 2.00 e. The van der Waals surface area contributed by atoms with E-state index < -0.39 is 15.6 Å². The fourth-order valence-corrected chi connectivity index (χ4v) is 1.18. The Kier molecular flexibility index (Phi) is 12.0. The van der Waals surface area contributed by atoms with E-state index in [0.717, 1.165) is 6.42 Å². The van der Waals surface area contributed by atoms with Crippen LogP contribution in [0.1, 0.15) is 31.7 Å². The van der Waals surface area contributed by atoms with Gasteiger partial charge in [-0.25, -0.2) is 20.6 Å². The van der Waals surface area contributed by atoms with Crippen LogP contribution < -0.4 is 0 Å². The molecule has 0 heterocycles. The van der Waals surface area contributed by atoms with Gasteiger partial charge in [-0.3, -0.25) is 6.08 Å². The van der Waals surface area contributed by atoms with Crippen molar-refractivity contribution >= 4 is 10.1 Å². The number of allylic oxidation sites excluding steroid dienone is 4. The molecule has 1 aliphatic carbocycles. The van der Waals surface area contributed by atoms with Crippen LogP contribution in [0.5, 0.6) is 0 Å². The largest absolute Gasteiger partial charge is 2.00 e. The first kappa shape index (κ1) is 24.2. The Hall–Kier alpha value is -1.08. The predicted molar refractivity (Wildman–Crippen MR) is 77.9 cm³/mol. The van der Waals surface area contributed by atoms with Gasteiger partial charge >= 0.3 is 22.6 Å². The van der Waals surface area contributed by atoms with Crippen molar-refractivity contribution in [2.75, 3.05) is 0 Å². The molecule has 8 heteroatoms. The third kappa shape index (κ3) is 12.1. The van der Waals surface area contributed by atoms with Crippen LogP contribution in [0.25, 0.3) is 0 Å². The Morgan fingerprint density at radius 2 is 1.65 bits per heavy atom. The average molecular weight is 390 g/mol. The summed E-state index contributed by atoms with van der Waals surface area (Å²) >= 11 is 0. The minimum atomic E-state index is -6.09. The number of hydrogen-bond acceptors (Lipinski definition) is 3. The summed E-state index contributed by atoms with van der Waals surface area (Å²) < 4.78 is 58.9. The van der Waals surface area contributed by atoms with Crippen molar-refractivity contribution in [3.63, 3.8) is 0 Å². The summed E-state index contributed by atoms with van der Waals surface area (Å²) in [7, 11) is -6.09. The molecule has 0 unspecified atom stereocenters. The Bertz CT molecular complexity index is 570. The zero-order valence-corrected chi connectivity index (χ0v) is 14.4. The molecule has 0 saturated heterocycles. The molecule has 0 spiro atoms. The number of rotatable bonds is 1. The molecular formula is C15H17F3FeO3S. The normalized spacial score (nSPS) is 12.7. The second-order valence-electron chi connectivity index (χ2n) is 4.47. The van der Waals surface area contributed by atoms with Crippen molar-refractivity contribution in [2.45, 2.75) is 31.7 Å². The molecule has 3 nitrogen and oxygen atoms in total. The van der Waals surface area contributed by atoms with Crippen molar-refractivity contribution in [3.05, 3.63) is 60.2 Å². The van der Waals surface area contributed by atoms with Crippen molar-refractivity contribution in [2.24, 2.45) is 0 Å². The first-order chi connectivity index (χ1) is 10.1. The van der Waals surface area contributed by atoms with Crippen molar-refractivity contribution in [3.8, 4) is 0 Å². The van der Waals surface area contributed by atoms with Gasteiger partial charge < -0.3 is 4.55 Å². The Morgan fingerprint density at radius 3 is 1.83 bits per heavy atom. The minimum absolute atomic E-state index is 0. The smallest absolute Gasteiger partial charge is 0.741 e. The van der Waals surface area contributed by atoms with Crippen molar-refractivity contribution in [1.29, 1.82) is 0 Å². The Balaban J connectivity index is 0. The summed E-state index contributed by atoms with van der Waals surface area (Å²) in [4.78, 5) is 0. The van der Waals surface area contributed by atoms with Crippen LogP contribution in [0.15, 0.2) is 48.6 Å². The standard InChI is InChI=1S/C9H12.C5H5.CHF3O3S.Fe/c1-8(2)9-6-4-3-5-7-9;1-2-4-5-3-1;2-1(3,4)8(5,6)7;/h3-8H,1-2H3;1-3H,4H2;(H,5,6,7);/q;-1;;+2/p-1. The van der Waals surface area contributed by atoms with Gasteiger partial charge in [0.1, 0.15) is 0 Å². The molecule has 0 aromatic heterocycles. The Labute approximate surface area is 145 Å². The quantitative estimate of drug-likeness (QED) is 0.313. The number of alkyl halides is 3. The van der Waals surface area contributed by atoms with Crippen LogP contribution in [0.2, 0.25) is 0 Å². The molecule has 0 aliphatic heterocycles. The van der Waals surface area contributed by atoms with Gasteiger partial charge in [-0.05, 0) is 11.5 Å². The maximum atomic E-state index is 10.7. The van der Waals surface area contributed by atoms with E-state index >= 15 is 0 Å². The fraction of sp³-hybridized carbons (Fsp3) is 0.333. The number of halogens is 3. The predicted octanol–water partition coefficient (Wildman–Crippen LogP) is 4.16. The zero-order chi connectivity index (χ0) is 17.2. The van der Waals surface area contributed by atoms with Crippen LogP contribution in [0.4, 0.5) is 13.2 Å². The van der Waals surface area contributed by atoms with E-state index in [1.807, 2.05) is 18.2 Å². The van der Waals surface area contributed by atoms with Crippen LogP contribution in [0.3, 0.4) is 0 Å². The number of benzene rings is 1. The summed E-state index contributed by atoms with van der Waals surface area (Å²) in [5.41, 5.74) is -4.23. The van der Waals surface area contributed by atoms with Gasteiger partial charge in [-0.2, -0.15) is 19.2 Å². The summed E-state index contributed by atoms with van der Waals surface area (Å²) in [6, 6.07) is 10.5. The topological polar surface area (TPSA) is 57.2 Å². The van der Waals surface area contributed by atoms with Crippen LogP contribution in [-0.2, 0) is 27.2 Å². The molecule has 0 N–H and O–H groups in total. The SMILES string of the molecule is CC(C)c1ccccc1.O=S(=O)([O-])C(F)(F)F.[C-]1=CC=CC1.[Fe+2]. The molecule has 0 bridgehead atoms. The zero-order valence-electron chi connectivity index (χ0n) is 12.5. The van der Waals surface area contributed by atoms with Gasteiger partial charge in [-0.15, -0.1) is 6.42 Å². The van der Waals surface area contributed by atoms with E-state index in [1.165, 1.54) is 5.56 Å². The summed E-state index contributed by atoms with van der Waals surface area (Å²) in [5.74, 6) is 0.659. The maximum absolute atomic E-state index is 10.7. The van der Waals surface area contributed by atoms with Gasteiger partial charge in [0.25, 0.3) is 0 Å². The van der Waals surface area contributed by atoms with Gasteiger partial charge in [0.15, 0.2) is 10.1 Å². The molecule has 130 valence electrons. The molecular weight excluding hydrogens is 373 g/mol. The summed E-state index contributed by atoms with van der Waals surface area (Å²) in [6.45, 7) is 4.41. The van der Waals surface area contributed by atoms with Crippen LogP contribution in [-0.4, -0.2) is 18.5 Å². The molecule has 1 aromatic rings. The van der Waals surface area contributed by atoms with E-state index in [2.05, 4.69) is 50.3 Å². The summed E-state index contributed by atoms with van der Waals surface area (Å²) in [6.07, 6.45) is 10.0. The van der Waals surface area contributed by atoms with Crippen LogP contribution in [0, 0.1) is 6.08 Å². The molecule has 1 aromatic carbocycles. The van der Waals surface area contributed by atoms with Crippen molar-refractivity contribution in [1.82, 2.24) is 0 Å². The van der Waals surface area contributed by atoms with Gasteiger partial charge in [0, 0.05) is 0 Å². The van der Waals surface area contributed by atoms with Crippen LogP contribution >= 0.6 is 0 Å². The second kappa shape index (κ2) is 11.5. The van der Waals surface area contributed by atoms with Crippen molar-refractivity contribution < 1.29 is 43.2 Å². The average Bonchev–Trinajstić information content (AvgIpc) is 2.97. The first-order valence-electron chi connectivity index (χ1n) is 6.34. The summed E-state index contributed by atoms with van der Waals surface area (Å²) in [5, 5.41) is 0.